The van der Waals surface area contributed by atoms with Crippen molar-refractivity contribution in [2.24, 2.45) is 0 Å². The monoisotopic (exact) mass is 487 g/mol. The van der Waals surface area contributed by atoms with E-state index in [1.165, 1.54) is 11.3 Å². The molecule has 184 valence electrons. The lowest BCUT2D eigenvalue weighted by atomic mass is 10.1. The minimum absolute atomic E-state index is 0.188. The molecule has 10 heteroatoms. The van der Waals surface area contributed by atoms with Crippen LogP contribution < -0.4 is 15.5 Å². The van der Waals surface area contributed by atoms with Crippen LogP contribution >= 0.6 is 11.3 Å². The standard InChI is InChI=1S/C24H33N5O4S/c1-17-14-28(10-12-33-17)15-18-5-6-20(19(13-18)22(30)25-7-11-32-2)26-23(31)21-16-34-24(27-21)29-8-3-4-9-29/h5-6,13,16-17H,3-4,7-12,14-15H2,1-2H3,(H,25,30)(H,26,31)/t17-/m0/s1. The van der Waals surface area contributed by atoms with E-state index < -0.39 is 0 Å². The molecule has 4 rings (SSSR count). The Kier molecular flexibility index (Phi) is 8.49. The van der Waals surface area contributed by atoms with Gasteiger partial charge in [0.25, 0.3) is 11.8 Å². The molecule has 0 bridgehead atoms. The van der Waals surface area contributed by atoms with E-state index >= 15 is 0 Å². The van der Waals surface area contributed by atoms with Crippen molar-refractivity contribution in [3.63, 3.8) is 0 Å². The summed E-state index contributed by atoms with van der Waals surface area (Å²) in [6.45, 7) is 7.92. The average Bonchev–Trinajstić information content (AvgIpc) is 3.52. The van der Waals surface area contributed by atoms with Gasteiger partial charge in [-0.1, -0.05) is 6.07 Å². The summed E-state index contributed by atoms with van der Waals surface area (Å²) >= 11 is 1.48. The predicted molar refractivity (Wildman–Crippen MR) is 133 cm³/mol. The van der Waals surface area contributed by atoms with E-state index in [4.69, 9.17) is 9.47 Å². The topological polar surface area (TPSA) is 96.0 Å². The van der Waals surface area contributed by atoms with E-state index in [9.17, 15) is 9.59 Å². The van der Waals surface area contributed by atoms with Gasteiger partial charge < -0.3 is 25.0 Å². The number of rotatable bonds is 9. The molecule has 2 amide bonds. The number of anilines is 2. The third kappa shape index (κ3) is 6.32. The zero-order chi connectivity index (χ0) is 23.9. The molecular weight excluding hydrogens is 454 g/mol. The number of morpholine rings is 1. The highest BCUT2D eigenvalue weighted by molar-refractivity contribution is 7.14. The van der Waals surface area contributed by atoms with Crippen LogP contribution in [0.5, 0.6) is 0 Å². The molecule has 0 saturated carbocycles. The molecule has 1 aromatic heterocycles. The van der Waals surface area contributed by atoms with Crippen LogP contribution in [0.1, 0.15) is 46.2 Å². The van der Waals surface area contributed by atoms with Crippen molar-refractivity contribution in [1.29, 1.82) is 0 Å². The third-order valence-corrected chi connectivity index (χ3v) is 6.90. The van der Waals surface area contributed by atoms with Gasteiger partial charge in [0.05, 0.1) is 30.6 Å². The number of ether oxygens (including phenoxy) is 2. The number of carbonyl (C=O) groups is 2. The van der Waals surface area contributed by atoms with E-state index in [1.807, 2.05) is 12.1 Å². The number of nitrogens with zero attached hydrogens (tertiary/aromatic N) is 3. The van der Waals surface area contributed by atoms with Gasteiger partial charge in [-0.25, -0.2) is 4.98 Å². The number of hydrogen-bond acceptors (Lipinski definition) is 8. The van der Waals surface area contributed by atoms with Gasteiger partial charge in [0, 0.05) is 51.8 Å². The fourth-order valence-electron chi connectivity index (χ4n) is 4.25. The summed E-state index contributed by atoms with van der Waals surface area (Å²) in [6.07, 6.45) is 2.49. The van der Waals surface area contributed by atoms with Gasteiger partial charge in [-0.15, -0.1) is 11.3 Å². The molecule has 2 saturated heterocycles. The van der Waals surface area contributed by atoms with Crippen molar-refractivity contribution in [3.8, 4) is 0 Å². The summed E-state index contributed by atoms with van der Waals surface area (Å²) in [6, 6.07) is 5.61. The highest BCUT2D eigenvalue weighted by Crippen LogP contribution is 2.26. The van der Waals surface area contributed by atoms with Crippen molar-refractivity contribution in [2.75, 3.05) is 63.3 Å². The maximum Gasteiger partial charge on any atom is 0.275 e. The zero-order valence-corrected chi connectivity index (χ0v) is 20.7. The smallest absolute Gasteiger partial charge is 0.275 e. The quantitative estimate of drug-likeness (QED) is 0.525. The Morgan fingerprint density at radius 1 is 1.24 bits per heavy atom. The van der Waals surface area contributed by atoms with Crippen LogP contribution in [0.2, 0.25) is 0 Å². The van der Waals surface area contributed by atoms with Gasteiger partial charge in [0.15, 0.2) is 5.13 Å². The fraction of sp³-hybridized carbons (Fsp3) is 0.542. The number of hydrogen-bond donors (Lipinski definition) is 2. The molecule has 2 aliphatic rings. The molecule has 2 aliphatic heterocycles. The minimum Gasteiger partial charge on any atom is -0.383 e. The molecule has 2 aromatic rings. The van der Waals surface area contributed by atoms with E-state index in [0.29, 0.717) is 43.2 Å². The second kappa shape index (κ2) is 11.7. The number of amides is 2. The molecule has 2 N–H and O–H groups in total. The molecule has 0 radical (unpaired) electrons. The largest absolute Gasteiger partial charge is 0.383 e. The maximum absolute atomic E-state index is 13.0. The molecule has 34 heavy (non-hydrogen) atoms. The number of benzene rings is 1. The van der Waals surface area contributed by atoms with Crippen molar-refractivity contribution >= 4 is 34.0 Å². The van der Waals surface area contributed by atoms with Crippen LogP contribution in [0.25, 0.3) is 0 Å². The van der Waals surface area contributed by atoms with Crippen molar-refractivity contribution in [3.05, 3.63) is 40.4 Å². The number of nitrogens with one attached hydrogen (secondary N) is 2. The SMILES string of the molecule is COCCNC(=O)c1cc(CN2CCO[C@@H](C)C2)ccc1NC(=O)c1csc(N2CCCC2)n1. The zero-order valence-electron chi connectivity index (χ0n) is 19.8. The summed E-state index contributed by atoms with van der Waals surface area (Å²) in [5, 5.41) is 8.41. The first-order valence-corrected chi connectivity index (χ1v) is 12.7. The number of thiazole rings is 1. The van der Waals surface area contributed by atoms with E-state index in [0.717, 1.165) is 49.7 Å². The molecule has 3 heterocycles. The molecular formula is C24H33N5O4S. The van der Waals surface area contributed by atoms with E-state index in [-0.39, 0.29) is 17.9 Å². The molecule has 2 fully saturated rings. The molecule has 1 aromatic carbocycles. The lowest BCUT2D eigenvalue weighted by Gasteiger charge is -2.31. The minimum atomic E-state index is -0.317. The second-order valence-corrected chi connectivity index (χ2v) is 9.55. The van der Waals surface area contributed by atoms with E-state index in [1.54, 1.807) is 18.6 Å². The predicted octanol–water partition coefficient (Wildman–Crippen LogP) is 2.59. The summed E-state index contributed by atoms with van der Waals surface area (Å²) in [5.74, 6) is -0.567. The van der Waals surface area contributed by atoms with Gasteiger partial charge in [0.2, 0.25) is 0 Å². The molecule has 0 aliphatic carbocycles. The summed E-state index contributed by atoms with van der Waals surface area (Å²) in [5.41, 5.74) is 2.27. The molecule has 1 atom stereocenters. The van der Waals surface area contributed by atoms with Gasteiger partial charge in [-0.2, -0.15) is 0 Å². The second-order valence-electron chi connectivity index (χ2n) is 8.71. The summed E-state index contributed by atoms with van der Waals surface area (Å²) in [7, 11) is 1.59. The Hall–Kier alpha value is -2.53. The van der Waals surface area contributed by atoms with Crippen molar-refractivity contribution in [1.82, 2.24) is 15.2 Å². The average molecular weight is 488 g/mol. The molecule has 0 spiro atoms. The first kappa shape index (κ1) is 24.6. The number of aromatic nitrogens is 1. The first-order valence-electron chi connectivity index (χ1n) is 11.8. The third-order valence-electron chi connectivity index (χ3n) is 6.00. The van der Waals surface area contributed by atoms with Crippen LogP contribution in [0.15, 0.2) is 23.6 Å². The molecule has 9 nitrogen and oxygen atoms in total. The van der Waals surface area contributed by atoms with Crippen LogP contribution in [-0.2, 0) is 16.0 Å². The van der Waals surface area contributed by atoms with Crippen molar-refractivity contribution < 1.29 is 19.1 Å². The summed E-state index contributed by atoms with van der Waals surface area (Å²) < 4.78 is 10.7. The van der Waals surface area contributed by atoms with Crippen LogP contribution in [-0.4, -0.2) is 80.8 Å². The van der Waals surface area contributed by atoms with Crippen LogP contribution in [0.3, 0.4) is 0 Å². The van der Waals surface area contributed by atoms with Crippen LogP contribution in [0.4, 0.5) is 10.8 Å². The Bertz CT molecular complexity index is 991. The van der Waals surface area contributed by atoms with Crippen LogP contribution in [0, 0.1) is 0 Å². The van der Waals surface area contributed by atoms with E-state index in [2.05, 4.69) is 32.3 Å². The van der Waals surface area contributed by atoms with Gasteiger partial charge in [-0.05, 0) is 37.5 Å². The maximum atomic E-state index is 13.0. The van der Waals surface area contributed by atoms with Crippen molar-refractivity contribution in [2.45, 2.75) is 32.4 Å². The normalized spacial score (nSPS) is 18.8. The Labute approximate surface area is 204 Å². The lowest BCUT2D eigenvalue weighted by Crippen LogP contribution is -2.40. The van der Waals surface area contributed by atoms with Gasteiger partial charge in [0.1, 0.15) is 5.69 Å². The molecule has 0 unspecified atom stereocenters. The summed E-state index contributed by atoms with van der Waals surface area (Å²) in [4.78, 5) is 35.0. The highest BCUT2D eigenvalue weighted by Gasteiger charge is 2.21. The Morgan fingerprint density at radius 3 is 2.82 bits per heavy atom. The highest BCUT2D eigenvalue weighted by atomic mass is 32.1. The Morgan fingerprint density at radius 2 is 2.06 bits per heavy atom. The lowest BCUT2D eigenvalue weighted by molar-refractivity contribution is -0.0212. The Balaban J connectivity index is 1.50. The van der Waals surface area contributed by atoms with Gasteiger partial charge >= 0.3 is 0 Å². The van der Waals surface area contributed by atoms with Gasteiger partial charge in [-0.3, -0.25) is 14.5 Å². The number of carbonyl (C=O) groups excluding carboxylic acids is 2. The fourth-order valence-corrected chi connectivity index (χ4v) is 5.11. The number of methoxy groups -OCH3 is 1. The first-order chi connectivity index (χ1) is 16.5.